The highest BCUT2D eigenvalue weighted by Crippen LogP contribution is 2.53. The normalized spacial score (nSPS) is 27.7. The van der Waals surface area contributed by atoms with Crippen molar-refractivity contribution in [2.24, 2.45) is 5.92 Å². The van der Waals surface area contributed by atoms with E-state index in [0.717, 1.165) is 29.7 Å². The molecule has 2 N–H and O–H groups in total. The molecule has 1 heterocycles. The Kier molecular flexibility index (Phi) is 4.65. The van der Waals surface area contributed by atoms with Gasteiger partial charge in [0.2, 0.25) is 0 Å². The molecule has 1 aromatic rings. The van der Waals surface area contributed by atoms with Gasteiger partial charge in [-0.15, -0.1) is 0 Å². The fourth-order valence-electron chi connectivity index (χ4n) is 4.49. The van der Waals surface area contributed by atoms with Crippen LogP contribution in [0.1, 0.15) is 70.4 Å². The Bertz CT molecular complexity index is 645. The minimum Gasteiger partial charge on any atom is -0.507 e. The number of hydrogen-bond acceptors (Lipinski definition) is 3. The van der Waals surface area contributed by atoms with Crippen LogP contribution in [-0.4, -0.2) is 21.9 Å². The number of benzene rings is 1. The zero-order valence-corrected chi connectivity index (χ0v) is 15.3. The topological polar surface area (TPSA) is 49.7 Å². The Balaban J connectivity index is 2.02. The molecule has 3 rings (SSSR count). The van der Waals surface area contributed by atoms with Crippen LogP contribution in [0.4, 0.5) is 0 Å². The molecular weight excluding hydrogens is 300 g/mol. The van der Waals surface area contributed by atoms with E-state index in [2.05, 4.69) is 26.0 Å². The highest BCUT2D eigenvalue weighted by atomic mass is 16.5. The van der Waals surface area contributed by atoms with Crippen LogP contribution in [-0.2, 0) is 6.42 Å². The molecule has 0 aromatic heterocycles. The van der Waals surface area contributed by atoms with Gasteiger partial charge in [-0.05, 0) is 57.7 Å². The highest BCUT2D eigenvalue weighted by molar-refractivity contribution is 5.54. The average Bonchev–Trinajstić information content (AvgIpc) is 2.44. The van der Waals surface area contributed by atoms with Crippen molar-refractivity contribution < 1.29 is 14.9 Å². The monoisotopic (exact) mass is 330 g/mol. The number of unbranched alkanes of at least 4 members (excludes halogenated alkanes) is 2. The van der Waals surface area contributed by atoms with Gasteiger partial charge >= 0.3 is 0 Å². The third-order valence-corrected chi connectivity index (χ3v) is 5.55. The molecule has 0 fully saturated rings. The summed E-state index contributed by atoms with van der Waals surface area (Å²) in [7, 11) is 0. The number of allylic oxidation sites excluding steroid dienone is 1. The van der Waals surface area contributed by atoms with Gasteiger partial charge < -0.3 is 14.9 Å². The van der Waals surface area contributed by atoms with E-state index >= 15 is 0 Å². The summed E-state index contributed by atoms with van der Waals surface area (Å²) in [6.45, 7) is 8.34. The van der Waals surface area contributed by atoms with Crippen LogP contribution in [0.5, 0.6) is 11.5 Å². The number of hydrogen-bond donors (Lipinski definition) is 2. The molecular formula is C21H30O3. The highest BCUT2D eigenvalue weighted by Gasteiger charge is 2.49. The lowest BCUT2D eigenvalue weighted by molar-refractivity contribution is -0.0534. The lowest BCUT2D eigenvalue weighted by atomic mass is 9.66. The van der Waals surface area contributed by atoms with Crippen LogP contribution in [0, 0.1) is 5.92 Å². The van der Waals surface area contributed by atoms with E-state index in [0.29, 0.717) is 12.2 Å². The van der Waals surface area contributed by atoms with Gasteiger partial charge in [0.15, 0.2) is 0 Å². The summed E-state index contributed by atoms with van der Waals surface area (Å²) in [6.07, 6.45) is 6.92. The van der Waals surface area contributed by atoms with Crippen molar-refractivity contribution in [1.29, 1.82) is 0 Å². The first-order valence-corrected chi connectivity index (χ1v) is 9.23. The number of fused-ring (bicyclic) bond motifs is 3. The molecule has 0 radical (unpaired) electrons. The SMILES string of the molecule is CCCCCc1cc(O)c2c(c1)OC(C)(C)[C@@H]1[C@H](O)CC(C)=C[C@@H]21. The zero-order chi connectivity index (χ0) is 17.5. The van der Waals surface area contributed by atoms with E-state index in [4.69, 9.17) is 4.74 Å². The van der Waals surface area contributed by atoms with Gasteiger partial charge in [-0.3, -0.25) is 0 Å². The largest absolute Gasteiger partial charge is 0.507 e. The van der Waals surface area contributed by atoms with Crippen LogP contribution in [0.3, 0.4) is 0 Å². The summed E-state index contributed by atoms with van der Waals surface area (Å²) in [5, 5.41) is 21.3. The summed E-state index contributed by atoms with van der Waals surface area (Å²) < 4.78 is 6.27. The van der Waals surface area contributed by atoms with Crippen molar-refractivity contribution in [3.8, 4) is 11.5 Å². The quantitative estimate of drug-likeness (QED) is 0.621. The van der Waals surface area contributed by atoms with E-state index in [-0.39, 0.29) is 11.8 Å². The Morgan fingerprint density at radius 3 is 2.71 bits per heavy atom. The van der Waals surface area contributed by atoms with E-state index in [9.17, 15) is 10.2 Å². The lowest BCUT2D eigenvalue weighted by Gasteiger charge is -2.48. The molecule has 2 aliphatic rings. The summed E-state index contributed by atoms with van der Waals surface area (Å²) in [5.74, 6) is 1.07. The smallest absolute Gasteiger partial charge is 0.127 e. The predicted molar refractivity (Wildman–Crippen MR) is 96.7 cm³/mol. The molecule has 0 unspecified atom stereocenters. The summed E-state index contributed by atoms with van der Waals surface area (Å²) in [4.78, 5) is 0. The van der Waals surface area contributed by atoms with Gasteiger partial charge in [-0.1, -0.05) is 31.4 Å². The van der Waals surface area contributed by atoms with E-state index < -0.39 is 11.7 Å². The predicted octanol–water partition coefficient (Wildman–Crippen LogP) is 4.71. The summed E-state index contributed by atoms with van der Waals surface area (Å²) in [5.41, 5.74) is 2.70. The van der Waals surface area contributed by atoms with Crippen molar-refractivity contribution >= 4 is 0 Å². The van der Waals surface area contributed by atoms with Crippen molar-refractivity contribution in [2.45, 2.75) is 77.4 Å². The summed E-state index contributed by atoms with van der Waals surface area (Å²) in [6, 6.07) is 3.98. The van der Waals surface area contributed by atoms with Gasteiger partial charge in [-0.25, -0.2) is 0 Å². The zero-order valence-electron chi connectivity index (χ0n) is 15.3. The molecule has 1 aliphatic heterocycles. The first-order chi connectivity index (χ1) is 11.3. The lowest BCUT2D eigenvalue weighted by Crippen LogP contribution is -2.51. The first-order valence-electron chi connectivity index (χ1n) is 9.23. The molecule has 3 atom stereocenters. The molecule has 0 bridgehead atoms. The maximum absolute atomic E-state index is 10.7. The van der Waals surface area contributed by atoms with E-state index in [1.165, 1.54) is 18.4 Å². The molecule has 3 nitrogen and oxygen atoms in total. The Labute approximate surface area is 145 Å². The first kappa shape index (κ1) is 17.3. The average molecular weight is 330 g/mol. The standard InChI is InChI=1S/C21H30O3/c1-5-6-7-8-14-11-16(22)19-15-9-13(2)10-17(23)20(15)21(3,4)24-18(19)12-14/h9,11-12,15,17,20,22-23H,5-8,10H2,1-4H3/t15-,17+,20-/m0/s1. The fourth-order valence-corrected chi connectivity index (χ4v) is 4.49. The maximum atomic E-state index is 10.7. The van der Waals surface area contributed by atoms with Crippen LogP contribution < -0.4 is 4.74 Å². The molecule has 0 saturated heterocycles. The number of aromatic hydroxyl groups is 1. The van der Waals surface area contributed by atoms with Crippen molar-refractivity contribution in [2.75, 3.05) is 0 Å². The second-order valence-corrected chi connectivity index (χ2v) is 8.03. The molecule has 0 saturated carbocycles. The number of rotatable bonds is 4. The molecule has 0 spiro atoms. The van der Waals surface area contributed by atoms with Crippen molar-refractivity contribution in [3.05, 3.63) is 34.9 Å². The third-order valence-electron chi connectivity index (χ3n) is 5.55. The summed E-state index contributed by atoms with van der Waals surface area (Å²) >= 11 is 0. The Morgan fingerprint density at radius 1 is 1.25 bits per heavy atom. The van der Waals surface area contributed by atoms with Crippen LogP contribution in [0.15, 0.2) is 23.8 Å². The van der Waals surface area contributed by atoms with Gasteiger partial charge in [0.25, 0.3) is 0 Å². The Morgan fingerprint density at radius 2 is 2.00 bits per heavy atom. The van der Waals surface area contributed by atoms with Crippen LogP contribution >= 0.6 is 0 Å². The van der Waals surface area contributed by atoms with Crippen molar-refractivity contribution in [1.82, 2.24) is 0 Å². The van der Waals surface area contributed by atoms with Gasteiger partial charge in [0.1, 0.15) is 17.1 Å². The molecule has 1 aliphatic carbocycles. The molecule has 132 valence electrons. The van der Waals surface area contributed by atoms with E-state index in [1.54, 1.807) is 0 Å². The maximum Gasteiger partial charge on any atom is 0.127 e. The van der Waals surface area contributed by atoms with Gasteiger partial charge in [0, 0.05) is 17.4 Å². The Hall–Kier alpha value is -1.48. The number of aryl methyl sites for hydroxylation is 1. The molecule has 3 heteroatoms. The van der Waals surface area contributed by atoms with Crippen LogP contribution in [0.2, 0.25) is 0 Å². The number of phenols is 1. The molecule has 1 aromatic carbocycles. The number of aliphatic hydroxyl groups excluding tert-OH is 1. The van der Waals surface area contributed by atoms with Crippen LogP contribution in [0.25, 0.3) is 0 Å². The third kappa shape index (κ3) is 3.06. The molecule has 24 heavy (non-hydrogen) atoms. The number of phenolic OH excluding ortho intramolecular Hbond substituents is 1. The minimum atomic E-state index is -0.456. The second kappa shape index (κ2) is 6.44. The minimum absolute atomic E-state index is 0.0113. The van der Waals surface area contributed by atoms with Gasteiger partial charge in [0.05, 0.1) is 6.10 Å². The fraction of sp³-hybridized carbons (Fsp3) is 0.619. The molecule has 0 amide bonds. The van der Waals surface area contributed by atoms with E-state index in [1.807, 2.05) is 19.9 Å². The van der Waals surface area contributed by atoms with Crippen molar-refractivity contribution in [3.63, 3.8) is 0 Å². The second-order valence-electron chi connectivity index (χ2n) is 8.03. The van der Waals surface area contributed by atoms with Gasteiger partial charge in [-0.2, -0.15) is 0 Å². The number of aliphatic hydroxyl groups is 1. The number of ether oxygens (including phenoxy) is 1.